The Morgan fingerprint density at radius 3 is 2.43 bits per heavy atom. The van der Waals surface area contributed by atoms with Gasteiger partial charge >= 0.3 is 13.1 Å². The van der Waals surface area contributed by atoms with Crippen molar-refractivity contribution < 1.29 is 24.7 Å². The van der Waals surface area contributed by atoms with E-state index in [1.165, 1.54) is 0 Å². The van der Waals surface area contributed by atoms with Gasteiger partial charge in [-0.3, -0.25) is 9.59 Å². The highest BCUT2D eigenvalue weighted by Gasteiger charge is 2.57. The van der Waals surface area contributed by atoms with E-state index >= 15 is 0 Å². The number of ketones is 1. The smallest absolute Gasteiger partial charge is 0.451 e. The Kier molecular flexibility index (Phi) is 6.98. The molecule has 5 N–H and O–H groups in total. The molecule has 1 fully saturated rings. The maximum absolute atomic E-state index is 12.6. The van der Waals surface area contributed by atoms with E-state index < -0.39 is 30.5 Å². The van der Waals surface area contributed by atoms with Crippen LogP contribution >= 0.6 is 0 Å². The minimum absolute atomic E-state index is 0.0311. The van der Waals surface area contributed by atoms with Crippen LogP contribution in [0.5, 0.6) is 0 Å². The Hall–Kier alpha value is -1.18. The normalized spacial score (nSPS) is 30.2. The first kappa shape index (κ1) is 19.9. The van der Waals surface area contributed by atoms with Crippen molar-refractivity contribution in [3.63, 3.8) is 0 Å². The lowest BCUT2D eigenvalue weighted by molar-refractivity contribution is -0.145. The highest BCUT2D eigenvalue weighted by molar-refractivity contribution is 6.40. The predicted molar refractivity (Wildman–Crippen MR) is 88.6 cm³/mol. The number of hydrogen-bond acceptors (Lipinski definition) is 5. The van der Waals surface area contributed by atoms with E-state index in [9.17, 15) is 14.7 Å². The molecule has 0 spiro atoms. The number of aliphatic carboxylic acids is 1. The molecule has 7 heteroatoms. The SMILES string of the molecule is C=C(C)[C@@H]1C[C@@](N)(C(=O)O)[C@@H](CCCB(O)O)[C@@H]1C(=O)CCC. The number of allylic oxidation sites excluding steroid dienone is 1. The lowest BCUT2D eigenvalue weighted by Gasteiger charge is -2.30. The summed E-state index contributed by atoms with van der Waals surface area (Å²) >= 11 is 0. The van der Waals surface area contributed by atoms with Gasteiger partial charge in [0.2, 0.25) is 0 Å². The topological polar surface area (TPSA) is 121 Å². The van der Waals surface area contributed by atoms with Gasteiger partial charge in [-0.2, -0.15) is 0 Å². The van der Waals surface area contributed by atoms with Crippen LogP contribution in [0.3, 0.4) is 0 Å². The van der Waals surface area contributed by atoms with Crippen molar-refractivity contribution in [1.29, 1.82) is 0 Å². The molecule has 1 saturated carbocycles. The molecule has 6 nitrogen and oxygen atoms in total. The van der Waals surface area contributed by atoms with Gasteiger partial charge < -0.3 is 20.9 Å². The first-order valence-electron chi connectivity index (χ1n) is 8.21. The summed E-state index contributed by atoms with van der Waals surface area (Å²) in [5, 5.41) is 27.6. The van der Waals surface area contributed by atoms with Gasteiger partial charge in [0.15, 0.2) is 0 Å². The quantitative estimate of drug-likeness (QED) is 0.374. The average molecular weight is 325 g/mol. The van der Waals surface area contributed by atoms with Gasteiger partial charge in [0, 0.05) is 12.3 Å². The molecule has 0 saturated heterocycles. The summed E-state index contributed by atoms with van der Waals surface area (Å²) < 4.78 is 0. The largest absolute Gasteiger partial charge is 0.480 e. The fraction of sp³-hybridized carbons (Fsp3) is 0.750. The predicted octanol–water partition coefficient (Wildman–Crippen LogP) is 1.22. The minimum Gasteiger partial charge on any atom is -0.480 e. The van der Waals surface area contributed by atoms with Crippen LogP contribution in [0, 0.1) is 17.8 Å². The molecule has 0 unspecified atom stereocenters. The molecule has 0 bridgehead atoms. The Labute approximate surface area is 137 Å². The molecule has 0 aliphatic heterocycles. The molecule has 1 aliphatic rings. The fourth-order valence-electron chi connectivity index (χ4n) is 3.79. The fourth-order valence-corrected chi connectivity index (χ4v) is 3.79. The van der Waals surface area contributed by atoms with E-state index in [1.54, 1.807) is 6.92 Å². The van der Waals surface area contributed by atoms with Crippen LogP contribution in [0.4, 0.5) is 0 Å². The van der Waals surface area contributed by atoms with Crippen molar-refractivity contribution in [2.24, 2.45) is 23.5 Å². The number of rotatable bonds is 9. The molecule has 1 aliphatic carbocycles. The van der Waals surface area contributed by atoms with Crippen LogP contribution in [0.2, 0.25) is 6.32 Å². The molecule has 0 radical (unpaired) electrons. The molecule has 0 heterocycles. The third-order valence-corrected chi connectivity index (χ3v) is 4.96. The van der Waals surface area contributed by atoms with Crippen LogP contribution in [-0.4, -0.2) is 39.6 Å². The van der Waals surface area contributed by atoms with E-state index in [0.717, 1.165) is 5.57 Å². The van der Waals surface area contributed by atoms with Gasteiger partial charge in [-0.05, 0) is 44.3 Å². The summed E-state index contributed by atoms with van der Waals surface area (Å²) in [6.07, 6.45) is 2.22. The van der Waals surface area contributed by atoms with Crippen LogP contribution < -0.4 is 5.73 Å². The van der Waals surface area contributed by atoms with Crippen molar-refractivity contribution in [2.45, 2.75) is 57.8 Å². The molecular formula is C16H28BNO5. The van der Waals surface area contributed by atoms with Crippen molar-refractivity contribution in [3.8, 4) is 0 Å². The Balaban J connectivity index is 3.11. The number of hydrogen-bond donors (Lipinski definition) is 4. The zero-order chi connectivity index (χ0) is 17.8. The minimum atomic E-state index is -1.47. The number of carbonyl (C=O) groups is 2. The van der Waals surface area contributed by atoms with Gasteiger partial charge in [0.1, 0.15) is 11.3 Å². The number of nitrogens with two attached hydrogens (primary N) is 1. The number of carboxylic acid groups (broad SMARTS) is 1. The zero-order valence-corrected chi connectivity index (χ0v) is 14.0. The van der Waals surface area contributed by atoms with Gasteiger partial charge in [0.05, 0.1) is 0 Å². The van der Waals surface area contributed by atoms with Crippen LogP contribution in [0.15, 0.2) is 12.2 Å². The highest BCUT2D eigenvalue weighted by atomic mass is 16.4. The Morgan fingerprint density at radius 2 is 2.00 bits per heavy atom. The molecule has 0 aromatic rings. The van der Waals surface area contributed by atoms with Gasteiger partial charge in [-0.1, -0.05) is 25.5 Å². The Morgan fingerprint density at radius 1 is 1.39 bits per heavy atom. The van der Waals surface area contributed by atoms with E-state index in [-0.39, 0.29) is 24.4 Å². The number of carbonyl (C=O) groups excluding carboxylic acids is 1. The Bertz CT molecular complexity index is 467. The summed E-state index contributed by atoms with van der Waals surface area (Å²) in [6.45, 7) is 7.63. The summed E-state index contributed by atoms with van der Waals surface area (Å²) in [5.74, 6) is -2.28. The van der Waals surface area contributed by atoms with Gasteiger partial charge in [-0.25, -0.2) is 0 Å². The van der Waals surface area contributed by atoms with Crippen molar-refractivity contribution in [3.05, 3.63) is 12.2 Å². The monoisotopic (exact) mass is 325 g/mol. The van der Waals surface area contributed by atoms with E-state index in [1.807, 2.05) is 6.92 Å². The molecule has 23 heavy (non-hydrogen) atoms. The highest BCUT2D eigenvalue weighted by Crippen LogP contribution is 2.49. The molecular weight excluding hydrogens is 297 g/mol. The number of Topliss-reactive ketones (excluding diaryl/α,β-unsaturated/α-hetero) is 1. The first-order valence-corrected chi connectivity index (χ1v) is 8.21. The lowest BCUT2D eigenvalue weighted by atomic mass is 9.73. The summed E-state index contributed by atoms with van der Waals surface area (Å²) in [7, 11) is -1.44. The van der Waals surface area contributed by atoms with Crippen molar-refractivity contribution in [2.75, 3.05) is 0 Å². The van der Waals surface area contributed by atoms with Gasteiger partial charge in [0.25, 0.3) is 0 Å². The summed E-state index contributed by atoms with van der Waals surface area (Å²) in [4.78, 5) is 24.3. The van der Waals surface area contributed by atoms with E-state index in [4.69, 9.17) is 15.8 Å². The molecule has 130 valence electrons. The second kappa shape index (κ2) is 8.08. The summed E-state index contributed by atoms with van der Waals surface area (Å²) in [5.41, 5.74) is 5.50. The first-order chi connectivity index (χ1) is 10.6. The molecule has 0 aromatic heterocycles. The van der Waals surface area contributed by atoms with E-state index in [0.29, 0.717) is 25.7 Å². The van der Waals surface area contributed by atoms with Crippen LogP contribution in [0.25, 0.3) is 0 Å². The van der Waals surface area contributed by atoms with Crippen molar-refractivity contribution in [1.82, 2.24) is 0 Å². The van der Waals surface area contributed by atoms with E-state index in [2.05, 4.69) is 6.58 Å². The zero-order valence-electron chi connectivity index (χ0n) is 14.0. The summed E-state index contributed by atoms with van der Waals surface area (Å²) in [6, 6.07) is 0. The maximum Gasteiger partial charge on any atom is 0.451 e. The molecule has 0 aromatic carbocycles. The second-order valence-electron chi connectivity index (χ2n) is 6.76. The van der Waals surface area contributed by atoms with Crippen molar-refractivity contribution >= 4 is 18.9 Å². The van der Waals surface area contributed by atoms with Crippen LogP contribution in [0.1, 0.15) is 46.0 Å². The van der Waals surface area contributed by atoms with Crippen LogP contribution in [-0.2, 0) is 9.59 Å². The standard InChI is InChI=1S/C16H28BNO5/c1-4-6-13(19)14-11(10(2)3)9-16(18,15(20)21)12(14)7-5-8-17(22)23/h11-12,14,22-23H,2,4-9,18H2,1,3H3,(H,20,21)/t11-,12-,14+,16-/m0/s1. The van der Waals surface area contributed by atoms with Gasteiger partial charge in [-0.15, -0.1) is 0 Å². The third kappa shape index (κ3) is 4.43. The average Bonchev–Trinajstić information content (AvgIpc) is 2.74. The molecule has 4 atom stereocenters. The third-order valence-electron chi connectivity index (χ3n) is 4.96. The maximum atomic E-state index is 12.6. The molecule has 1 rings (SSSR count). The molecule has 0 amide bonds. The number of carboxylic acids is 1. The lowest BCUT2D eigenvalue weighted by Crippen LogP contribution is -2.52. The second-order valence-corrected chi connectivity index (χ2v) is 6.76.